The lowest BCUT2D eigenvalue weighted by Gasteiger charge is -2.10. The Morgan fingerprint density at radius 3 is 2.23 bits per heavy atom. The number of carbonyl (C=O) groups is 2. The fraction of sp³-hybridized carbons (Fsp3) is 0.286. The molecule has 0 saturated heterocycles. The van der Waals surface area contributed by atoms with E-state index in [2.05, 4.69) is 9.47 Å². The van der Waals surface area contributed by atoms with Crippen LogP contribution in [-0.4, -0.2) is 31.8 Å². The summed E-state index contributed by atoms with van der Waals surface area (Å²) in [5.74, 6) is -2.33. The zero-order valence-electron chi connectivity index (χ0n) is 11.8. The van der Waals surface area contributed by atoms with Crippen LogP contribution in [0, 0.1) is 0 Å². The van der Waals surface area contributed by atoms with Gasteiger partial charge in [-0.25, -0.2) is 4.79 Å². The summed E-state index contributed by atoms with van der Waals surface area (Å²) < 4.78 is 49.7. The van der Waals surface area contributed by atoms with E-state index in [0.717, 1.165) is 13.0 Å². The van der Waals surface area contributed by atoms with Gasteiger partial charge in [0.25, 0.3) is 0 Å². The molecule has 0 radical (unpaired) electrons. The Kier molecular flexibility index (Phi) is 5.97. The number of esters is 2. The molecule has 0 aromatic heterocycles. The van der Waals surface area contributed by atoms with Gasteiger partial charge in [0.15, 0.2) is 6.61 Å². The highest BCUT2D eigenvalue weighted by atomic mass is 19.4. The van der Waals surface area contributed by atoms with E-state index in [4.69, 9.17) is 4.74 Å². The SMILES string of the molecule is COc1ccc(/C=C(\OC(C)=O)C(=O)OCC(F)(F)F)cc1. The zero-order valence-corrected chi connectivity index (χ0v) is 11.8. The highest BCUT2D eigenvalue weighted by Crippen LogP contribution is 2.18. The van der Waals surface area contributed by atoms with E-state index in [-0.39, 0.29) is 0 Å². The number of ether oxygens (including phenoxy) is 3. The van der Waals surface area contributed by atoms with Gasteiger partial charge >= 0.3 is 18.1 Å². The van der Waals surface area contributed by atoms with Crippen molar-refractivity contribution in [1.82, 2.24) is 0 Å². The van der Waals surface area contributed by atoms with Crippen LogP contribution < -0.4 is 4.74 Å². The maximum absolute atomic E-state index is 12.0. The van der Waals surface area contributed by atoms with Gasteiger partial charge in [-0.3, -0.25) is 4.79 Å². The summed E-state index contributed by atoms with van der Waals surface area (Å²) >= 11 is 0. The Balaban J connectivity index is 2.92. The number of benzene rings is 1. The first-order valence-corrected chi connectivity index (χ1v) is 5.99. The fourth-order valence-electron chi connectivity index (χ4n) is 1.35. The van der Waals surface area contributed by atoms with Crippen molar-refractivity contribution in [2.75, 3.05) is 13.7 Å². The van der Waals surface area contributed by atoms with E-state index in [1.165, 1.54) is 19.2 Å². The smallest absolute Gasteiger partial charge is 0.422 e. The molecule has 0 saturated carbocycles. The van der Waals surface area contributed by atoms with Gasteiger partial charge in [-0.05, 0) is 23.8 Å². The molecule has 0 aliphatic rings. The molecule has 1 aromatic rings. The zero-order chi connectivity index (χ0) is 16.8. The quantitative estimate of drug-likeness (QED) is 0.474. The van der Waals surface area contributed by atoms with Gasteiger partial charge < -0.3 is 14.2 Å². The van der Waals surface area contributed by atoms with Gasteiger partial charge in [-0.2, -0.15) is 13.2 Å². The lowest BCUT2D eigenvalue weighted by atomic mass is 10.2. The van der Waals surface area contributed by atoms with E-state index in [0.29, 0.717) is 11.3 Å². The summed E-state index contributed by atoms with van der Waals surface area (Å²) in [6.07, 6.45) is -3.57. The maximum Gasteiger partial charge on any atom is 0.422 e. The molecule has 1 rings (SSSR count). The monoisotopic (exact) mass is 318 g/mol. The minimum Gasteiger partial charge on any atom is -0.497 e. The summed E-state index contributed by atoms with van der Waals surface area (Å²) in [6, 6.07) is 6.19. The predicted octanol–water partition coefficient (Wildman–Crippen LogP) is 2.70. The molecule has 0 spiro atoms. The van der Waals surface area contributed by atoms with Gasteiger partial charge in [0.2, 0.25) is 5.76 Å². The Morgan fingerprint density at radius 1 is 1.18 bits per heavy atom. The van der Waals surface area contributed by atoms with E-state index in [1.807, 2.05) is 0 Å². The average Bonchev–Trinajstić information content (AvgIpc) is 2.43. The standard InChI is InChI=1S/C14H13F3O5/c1-9(18)22-12(13(19)21-8-14(15,16)17)7-10-3-5-11(20-2)6-4-10/h3-7H,8H2,1-2H3/b12-7-. The number of alkyl halides is 3. The third-order valence-corrected chi connectivity index (χ3v) is 2.24. The van der Waals surface area contributed by atoms with Gasteiger partial charge in [0.1, 0.15) is 5.75 Å². The van der Waals surface area contributed by atoms with Crippen LogP contribution in [0.4, 0.5) is 13.2 Å². The molecule has 8 heteroatoms. The molecule has 0 heterocycles. The number of hydrogen-bond donors (Lipinski definition) is 0. The van der Waals surface area contributed by atoms with E-state index >= 15 is 0 Å². The molecule has 0 amide bonds. The molecule has 120 valence electrons. The Labute approximate surface area is 124 Å². The molecule has 0 aliphatic heterocycles. The molecule has 0 unspecified atom stereocenters. The third-order valence-electron chi connectivity index (χ3n) is 2.24. The molecule has 1 aromatic carbocycles. The Hall–Kier alpha value is -2.51. The molecule has 0 N–H and O–H groups in total. The van der Waals surface area contributed by atoms with Gasteiger partial charge in [0, 0.05) is 6.92 Å². The van der Waals surface area contributed by atoms with Gasteiger partial charge in [-0.1, -0.05) is 12.1 Å². The molecular weight excluding hydrogens is 305 g/mol. The highest BCUT2D eigenvalue weighted by Gasteiger charge is 2.30. The normalized spacial score (nSPS) is 11.8. The number of rotatable bonds is 5. The molecular formula is C14H13F3O5. The second-order valence-electron chi connectivity index (χ2n) is 4.07. The van der Waals surface area contributed by atoms with Crippen molar-refractivity contribution in [3.63, 3.8) is 0 Å². The van der Waals surface area contributed by atoms with Gasteiger partial charge in [0.05, 0.1) is 7.11 Å². The van der Waals surface area contributed by atoms with Crippen LogP contribution in [0.5, 0.6) is 5.75 Å². The van der Waals surface area contributed by atoms with E-state index in [9.17, 15) is 22.8 Å². The summed E-state index contributed by atoms with van der Waals surface area (Å²) in [7, 11) is 1.46. The van der Waals surface area contributed by atoms with Crippen molar-refractivity contribution in [2.24, 2.45) is 0 Å². The van der Waals surface area contributed by atoms with Crippen molar-refractivity contribution in [2.45, 2.75) is 13.1 Å². The first-order valence-electron chi connectivity index (χ1n) is 5.99. The fourth-order valence-corrected chi connectivity index (χ4v) is 1.35. The lowest BCUT2D eigenvalue weighted by molar-refractivity contribution is -0.185. The van der Waals surface area contributed by atoms with Gasteiger partial charge in [-0.15, -0.1) is 0 Å². The number of methoxy groups -OCH3 is 1. The van der Waals surface area contributed by atoms with Crippen LogP contribution >= 0.6 is 0 Å². The van der Waals surface area contributed by atoms with Crippen molar-refractivity contribution in [1.29, 1.82) is 0 Å². The minimum absolute atomic E-state index is 0.418. The molecule has 0 bridgehead atoms. The topological polar surface area (TPSA) is 61.8 Å². The van der Waals surface area contributed by atoms with Crippen molar-refractivity contribution in [3.05, 3.63) is 35.6 Å². The third kappa shape index (κ3) is 6.29. The lowest BCUT2D eigenvalue weighted by Crippen LogP contribution is -2.22. The largest absolute Gasteiger partial charge is 0.497 e. The number of halogens is 3. The molecule has 0 fully saturated rings. The Bertz CT molecular complexity index is 561. The minimum atomic E-state index is -4.67. The predicted molar refractivity (Wildman–Crippen MR) is 69.8 cm³/mol. The van der Waals surface area contributed by atoms with Crippen molar-refractivity contribution in [3.8, 4) is 5.75 Å². The van der Waals surface area contributed by atoms with E-state index in [1.54, 1.807) is 12.1 Å². The van der Waals surface area contributed by atoms with Crippen LogP contribution in [0.2, 0.25) is 0 Å². The molecule has 0 aliphatic carbocycles. The van der Waals surface area contributed by atoms with Crippen LogP contribution in [0.25, 0.3) is 6.08 Å². The first kappa shape index (κ1) is 17.5. The number of hydrogen-bond acceptors (Lipinski definition) is 5. The summed E-state index contributed by atoms with van der Waals surface area (Å²) in [6.45, 7) is -0.758. The first-order chi connectivity index (χ1) is 10.2. The van der Waals surface area contributed by atoms with E-state index < -0.39 is 30.5 Å². The van der Waals surface area contributed by atoms with Crippen molar-refractivity contribution < 1.29 is 37.0 Å². The van der Waals surface area contributed by atoms with Crippen molar-refractivity contribution >= 4 is 18.0 Å². The molecule has 5 nitrogen and oxygen atoms in total. The maximum atomic E-state index is 12.0. The van der Waals surface area contributed by atoms with Crippen LogP contribution in [-0.2, 0) is 19.1 Å². The molecule has 0 atom stereocenters. The van der Waals surface area contributed by atoms with Crippen LogP contribution in [0.3, 0.4) is 0 Å². The van der Waals surface area contributed by atoms with Crippen LogP contribution in [0.15, 0.2) is 30.0 Å². The second kappa shape index (κ2) is 7.48. The molecule has 22 heavy (non-hydrogen) atoms. The Morgan fingerprint density at radius 2 is 1.77 bits per heavy atom. The summed E-state index contributed by atoms with van der Waals surface area (Å²) in [4.78, 5) is 22.5. The summed E-state index contributed by atoms with van der Waals surface area (Å²) in [5.41, 5.74) is 0.418. The van der Waals surface area contributed by atoms with Crippen LogP contribution in [0.1, 0.15) is 12.5 Å². The second-order valence-corrected chi connectivity index (χ2v) is 4.07. The average molecular weight is 318 g/mol. The summed E-state index contributed by atoms with van der Waals surface area (Å²) in [5, 5.41) is 0. The highest BCUT2D eigenvalue weighted by molar-refractivity contribution is 5.94. The number of carbonyl (C=O) groups excluding carboxylic acids is 2.